The fourth-order valence-electron chi connectivity index (χ4n) is 8.22. The number of nitrogens with zero attached hydrogens (tertiary/aromatic N) is 7. The Balaban J connectivity index is 0.755. The molecule has 4 N–H and O–H groups in total. The van der Waals surface area contributed by atoms with Gasteiger partial charge in [-0.1, -0.05) is 6.07 Å². The number of likely N-dealkylation sites (N-methyl/N-ethyl adjacent to an activating group) is 1. The molecule has 5 heterocycles. The number of hydrogen-bond acceptors (Lipinski definition) is 12. The number of alkyl halides is 2. The Kier molecular flexibility index (Phi) is 13.1. The van der Waals surface area contributed by atoms with Crippen molar-refractivity contribution < 1.29 is 37.1 Å². The molecule has 1 aliphatic heterocycles. The van der Waals surface area contributed by atoms with E-state index in [0.717, 1.165) is 12.1 Å². The third-order valence-electron chi connectivity index (χ3n) is 12.0. The van der Waals surface area contributed by atoms with Crippen LogP contribution in [0.5, 0.6) is 0 Å². The number of ether oxygens (including phenoxy) is 1. The fourth-order valence-corrected chi connectivity index (χ4v) is 8.22. The van der Waals surface area contributed by atoms with Crippen molar-refractivity contribution in [2.24, 2.45) is 18.9 Å². The predicted molar refractivity (Wildman–Crippen MR) is 226 cm³/mol. The summed E-state index contributed by atoms with van der Waals surface area (Å²) in [7, 11) is 3.40. The standard InChI is InChI=1S/C43H51F2N11O7/c1-53(16-18-62-17-15-46-21-26-5-10-32-34(19-26)54(2)43(61)56(32)33-11-12-36(57)51-40(33)59)42(60)27-6-8-29(9-7-27)55-23-30(37(52-55)38(44)45)49-39(58)31-24-63-41(50-31)28-13-14-47-35(20-28)48-22-25-3-4-25/h5,10,13-14,19-20,23-25,27,29,33,38,46H,3-4,6-9,11-12,15-18,21-22H2,1-2H3,(H,47,48)(H,49,58)(H,51,57,59)/t27-,29-,33?. The number of fused-ring (bicyclic) bond motifs is 1. The molecule has 4 amide bonds. The van der Waals surface area contributed by atoms with Crippen LogP contribution in [0.4, 0.5) is 20.3 Å². The summed E-state index contributed by atoms with van der Waals surface area (Å²) in [5.74, 6) is -0.230. The minimum absolute atomic E-state index is 0.00224. The average Bonchev–Trinajstić information content (AvgIpc) is 3.69. The quantitative estimate of drug-likeness (QED) is 0.0705. The summed E-state index contributed by atoms with van der Waals surface area (Å²) in [4.78, 5) is 73.8. The van der Waals surface area contributed by atoms with Crippen LogP contribution >= 0.6 is 0 Å². The number of rotatable bonds is 18. The lowest BCUT2D eigenvalue weighted by molar-refractivity contribution is -0.137. The first-order valence-corrected chi connectivity index (χ1v) is 21.3. The van der Waals surface area contributed by atoms with Crippen molar-refractivity contribution in [3.05, 3.63) is 76.4 Å². The van der Waals surface area contributed by atoms with Gasteiger partial charge in [-0.3, -0.25) is 38.3 Å². The predicted octanol–water partition coefficient (Wildman–Crippen LogP) is 4.57. The number of hydrogen-bond donors (Lipinski definition) is 4. The number of imide groups is 1. The molecule has 1 unspecified atom stereocenters. The highest BCUT2D eigenvalue weighted by Crippen LogP contribution is 2.36. The van der Waals surface area contributed by atoms with Crippen LogP contribution < -0.4 is 27.0 Å². The normalized spacial score (nSPS) is 19.1. The number of oxazole rings is 1. The van der Waals surface area contributed by atoms with E-state index >= 15 is 0 Å². The first kappa shape index (κ1) is 43.4. The largest absolute Gasteiger partial charge is 0.444 e. The Morgan fingerprint density at radius 1 is 1.03 bits per heavy atom. The minimum Gasteiger partial charge on any atom is -0.444 e. The summed E-state index contributed by atoms with van der Waals surface area (Å²) in [6.45, 7) is 3.06. The molecule has 1 atom stereocenters. The molecule has 1 saturated heterocycles. The van der Waals surface area contributed by atoms with Crippen molar-refractivity contribution in [3.8, 4) is 11.5 Å². The lowest BCUT2D eigenvalue weighted by Crippen LogP contribution is -2.44. The topological polar surface area (TPSA) is 213 Å². The van der Waals surface area contributed by atoms with Crippen molar-refractivity contribution in [1.29, 1.82) is 0 Å². The van der Waals surface area contributed by atoms with Crippen molar-refractivity contribution in [1.82, 2.24) is 44.4 Å². The van der Waals surface area contributed by atoms with Crippen molar-refractivity contribution in [2.45, 2.75) is 76.4 Å². The summed E-state index contributed by atoms with van der Waals surface area (Å²) in [6, 6.07) is 8.13. The summed E-state index contributed by atoms with van der Waals surface area (Å²) >= 11 is 0. The zero-order valence-corrected chi connectivity index (χ0v) is 35.1. The number of aryl methyl sites for hydroxylation is 1. The summed E-state index contributed by atoms with van der Waals surface area (Å²) in [6.07, 6.45) is 6.33. The highest BCUT2D eigenvalue weighted by molar-refractivity contribution is 6.03. The average molecular weight is 872 g/mol. The van der Waals surface area contributed by atoms with Gasteiger partial charge in [0.2, 0.25) is 23.6 Å². The third-order valence-corrected chi connectivity index (χ3v) is 12.0. The van der Waals surface area contributed by atoms with Gasteiger partial charge in [-0.2, -0.15) is 5.10 Å². The molecule has 4 aromatic heterocycles. The van der Waals surface area contributed by atoms with Crippen LogP contribution in [-0.4, -0.2) is 97.3 Å². The second-order valence-corrected chi connectivity index (χ2v) is 16.5. The Morgan fingerprint density at radius 3 is 2.60 bits per heavy atom. The Hall–Kier alpha value is -6.28. The lowest BCUT2D eigenvalue weighted by atomic mass is 9.85. The lowest BCUT2D eigenvalue weighted by Gasteiger charge is -2.30. The van der Waals surface area contributed by atoms with E-state index in [9.17, 15) is 32.8 Å². The van der Waals surface area contributed by atoms with Gasteiger partial charge in [0.05, 0.1) is 36.0 Å². The Bertz CT molecular complexity index is 2540. The molecule has 3 fully saturated rings. The monoisotopic (exact) mass is 871 g/mol. The molecule has 2 aliphatic carbocycles. The number of carbonyl (C=O) groups is 4. The number of carbonyl (C=O) groups excluding carboxylic acids is 4. The van der Waals surface area contributed by atoms with Gasteiger partial charge in [-0.15, -0.1) is 0 Å². The number of aromatic nitrogens is 6. The number of pyridine rings is 1. The second kappa shape index (κ2) is 19.0. The first-order chi connectivity index (χ1) is 30.4. The van der Waals surface area contributed by atoms with E-state index in [1.165, 1.54) is 39.1 Å². The van der Waals surface area contributed by atoms with Gasteiger partial charge in [-0.25, -0.2) is 23.5 Å². The maximum absolute atomic E-state index is 14.1. The number of benzene rings is 1. The van der Waals surface area contributed by atoms with Gasteiger partial charge >= 0.3 is 5.69 Å². The summed E-state index contributed by atoms with van der Waals surface area (Å²) in [5, 5.41) is 15.6. The molecule has 1 aromatic carbocycles. The van der Waals surface area contributed by atoms with Crippen LogP contribution in [0.1, 0.15) is 91.6 Å². The first-order valence-electron chi connectivity index (χ1n) is 21.3. The van der Waals surface area contributed by atoms with Gasteiger partial charge in [0.25, 0.3) is 12.3 Å². The number of halogens is 2. The van der Waals surface area contributed by atoms with E-state index in [0.29, 0.717) is 86.9 Å². The molecule has 5 aromatic rings. The molecule has 20 heteroatoms. The van der Waals surface area contributed by atoms with Crippen LogP contribution in [-0.2, 0) is 32.7 Å². The Labute approximate surface area is 360 Å². The number of anilines is 2. The molecular weight excluding hydrogens is 821 g/mol. The van der Waals surface area contributed by atoms with E-state index in [-0.39, 0.29) is 59.6 Å². The van der Waals surface area contributed by atoms with Crippen LogP contribution in [0.15, 0.2) is 58.2 Å². The smallest absolute Gasteiger partial charge is 0.329 e. The molecule has 8 rings (SSSR count). The van der Waals surface area contributed by atoms with E-state index in [1.807, 2.05) is 18.2 Å². The molecule has 0 bridgehead atoms. The highest BCUT2D eigenvalue weighted by atomic mass is 19.3. The maximum Gasteiger partial charge on any atom is 0.329 e. The summed E-state index contributed by atoms with van der Waals surface area (Å²) in [5.41, 5.74) is 1.81. The van der Waals surface area contributed by atoms with Crippen molar-refractivity contribution in [2.75, 3.05) is 50.5 Å². The van der Waals surface area contributed by atoms with Crippen molar-refractivity contribution >= 4 is 46.2 Å². The van der Waals surface area contributed by atoms with E-state index in [1.54, 1.807) is 37.3 Å². The van der Waals surface area contributed by atoms with Crippen molar-refractivity contribution in [3.63, 3.8) is 0 Å². The highest BCUT2D eigenvalue weighted by Gasteiger charge is 2.33. The van der Waals surface area contributed by atoms with Gasteiger partial charge in [0.15, 0.2) is 11.4 Å². The second-order valence-electron chi connectivity index (χ2n) is 16.5. The molecule has 63 heavy (non-hydrogen) atoms. The van der Waals surface area contributed by atoms with E-state index in [4.69, 9.17) is 9.15 Å². The van der Waals surface area contributed by atoms with Crippen LogP contribution in [0.2, 0.25) is 0 Å². The van der Waals surface area contributed by atoms with Crippen LogP contribution in [0, 0.1) is 11.8 Å². The Morgan fingerprint density at radius 2 is 1.84 bits per heavy atom. The molecule has 18 nitrogen and oxygen atoms in total. The van der Waals surface area contributed by atoms with Gasteiger partial charge in [0, 0.05) is 70.6 Å². The van der Waals surface area contributed by atoms with Gasteiger partial charge in [-0.05, 0) is 80.7 Å². The van der Waals surface area contributed by atoms with Gasteiger partial charge < -0.3 is 30.0 Å². The number of nitrogens with one attached hydrogen (secondary N) is 4. The maximum atomic E-state index is 14.1. The molecular formula is C43H51F2N11O7. The zero-order chi connectivity index (χ0) is 44.2. The molecule has 3 aliphatic rings. The number of amides is 4. The minimum atomic E-state index is -2.93. The fraction of sp³-hybridized carbons (Fsp3) is 0.488. The number of piperidine rings is 1. The van der Waals surface area contributed by atoms with Gasteiger partial charge in [0.1, 0.15) is 18.1 Å². The third kappa shape index (κ3) is 10.0. The summed E-state index contributed by atoms with van der Waals surface area (Å²) < 4.78 is 44.0. The number of imidazole rings is 1. The van der Waals surface area contributed by atoms with E-state index in [2.05, 4.69) is 36.3 Å². The molecule has 0 radical (unpaired) electrons. The van der Waals surface area contributed by atoms with Crippen LogP contribution in [0.25, 0.3) is 22.5 Å². The SMILES string of the molecule is CN(CCOCCNCc1ccc2c(c1)n(C)c(=O)n2C1CCC(=O)NC1=O)C(=O)[C@H]1CC[C@H](n2cc(NC(=O)c3coc(-c4ccnc(NCC5CC5)c4)n3)c(C(F)F)n2)CC1. The van der Waals surface area contributed by atoms with E-state index < -0.39 is 30.0 Å². The van der Waals surface area contributed by atoms with Crippen LogP contribution in [0.3, 0.4) is 0 Å². The molecule has 2 saturated carbocycles. The zero-order valence-electron chi connectivity index (χ0n) is 35.1. The molecule has 334 valence electrons. The molecule has 0 spiro atoms.